The van der Waals surface area contributed by atoms with Gasteiger partial charge in [-0.3, -0.25) is 4.79 Å². The van der Waals surface area contributed by atoms with Gasteiger partial charge >= 0.3 is 5.97 Å². The number of aryl methyl sites for hydroxylation is 1. The summed E-state index contributed by atoms with van der Waals surface area (Å²) >= 11 is 0. The van der Waals surface area contributed by atoms with Crippen LogP contribution in [-0.4, -0.2) is 27.6 Å². The number of nitrogens with one attached hydrogen (secondary N) is 1. The van der Waals surface area contributed by atoms with Crippen molar-refractivity contribution in [2.45, 2.75) is 31.7 Å². The van der Waals surface area contributed by atoms with Gasteiger partial charge in [0, 0.05) is 5.56 Å². The highest BCUT2D eigenvalue weighted by Crippen LogP contribution is 2.32. The van der Waals surface area contributed by atoms with Gasteiger partial charge in [0.25, 0.3) is 5.91 Å². The summed E-state index contributed by atoms with van der Waals surface area (Å²) in [5, 5.41) is 21.0. The first-order valence-corrected chi connectivity index (χ1v) is 5.80. The molecule has 1 aliphatic rings. The van der Waals surface area contributed by atoms with Crippen molar-refractivity contribution in [1.82, 2.24) is 5.32 Å². The average molecular weight is 249 g/mol. The lowest BCUT2D eigenvalue weighted by atomic mass is 9.76. The summed E-state index contributed by atoms with van der Waals surface area (Å²) in [6.45, 7) is 1.70. The normalized spacial score (nSPS) is 16.7. The Balaban J connectivity index is 2.19. The second-order valence-electron chi connectivity index (χ2n) is 4.69. The zero-order chi connectivity index (χ0) is 13.3. The SMILES string of the molecule is Cc1cc(O)ccc1C(=O)NC1(C(=O)O)CCC1. The Kier molecular flexibility index (Phi) is 2.98. The maximum atomic E-state index is 12.0. The maximum Gasteiger partial charge on any atom is 0.329 e. The molecule has 1 amide bonds. The van der Waals surface area contributed by atoms with Crippen molar-refractivity contribution in [2.75, 3.05) is 0 Å². The van der Waals surface area contributed by atoms with Gasteiger partial charge in [-0.05, 0) is 49.9 Å². The van der Waals surface area contributed by atoms with E-state index in [-0.39, 0.29) is 5.75 Å². The van der Waals surface area contributed by atoms with E-state index < -0.39 is 17.4 Å². The molecule has 1 saturated carbocycles. The van der Waals surface area contributed by atoms with Gasteiger partial charge in [-0.1, -0.05) is 0 Å². The molecule has 18 heavy (non-hydrogen) atoms. The Morgan fingerprint density at radius 2 is 2.00 bits per heavy atom. The van der Waals surface area contributed by atoms with Crippen molar-refractivity contribution in [3.8, 4) is 5.75 Å². The predicted octanol–water partition coefficient (Wildman–Crippen LogP) is 1.44. The van der Waals surface area contributed by atoms with Crippen LogP contribution in [0.2, 0.25) is 0 Å². The van der Waals surface area contributed by atoms with Crippen LogP contribution in [0.5, 0.6) is 5.75 Å². The van der Waals surface area contributed by atoms with Crippen molar-refractivity contribution in [2.24, 2.45) is 0 Å². The number of carbonyl (C=O) groups excluding carboxylic acids is 1. The Morgan fingerprint density at radius 1 is 1.33 bits per heavy atom. The molecule has 0 aromatic heterocycles. The fourth-order valence-electron chi connectivity index (χ4n) is 2.11. The molecule has 0 heterocycles. The van der Waals surface area contributed by atoms with E-state index in [1.807, 2.05) is 0 Å². The smallest absolute Gasteiger partial charge is 0.329 e. The van der Waals surface area contributed by atoms with Crippen LogP contribution in [0.25, 0.3) is 0 Å². The molecular weight excluding hydrogens is 234 g/mol. The third kappa shape index (κ3) is 2.03. The Labute approximate surface area is 104 Å². The summed E-state index contributed by atoms with van der Waals surface area (Å²) in [6, 6.07) is 4.38. The van der Waals surface area contributed by atoms with Crippen LogP contribution >= 0.6 is 0 Å². The van der Waals surface area contributed by atoms with Gasteiger partial charge in [-0.25, -0.2) is 4.79 Å². The monoisotopic (exact) mass is 249 g/mol. The van der Waals surface area contributed by atoms with Crippen LogP contribution < -0.4 is 5.32 Å². The molecule has 96 valence electrons. The number of phenolic OH excluding ortho intramolecular Hbond substituents is 1. The number of aromatic hydroxyl groups is 1. The molecule has 1 aromatic rings. The first-order chi connectivity index (χ1) is 8.44. The average Bonchev–Trinajstić information content (AvgIpc) is 2.22. The number of hydrogen-bond donors (Lipinski definition) is 3. The predicted molar refractivity (Wildman–Crippen MR) is 64.5 cm³/mol. The van der Waals surface area contributed by atoms with Crippen LogP contribution in [0.3, 0.4) is 0 Å². The molecule has 5 nitrogen and oxygen atoms in total. The van der Waals surface area contributed by atoms with Gasteiger partial charge in [-0.15, -0.1) is 0 Å². The van der Waals surface area contributed by atoms with E-state index in [0.717, 1.165) is 6.42 Å². The maximum absolute atomic E-state index is 12.0. The Hall–Kier alpha value is -2.04. The summed E-state index contributed by atoms with van der Waals surface area (Å²) < 4.78 is 0. The van der Waals surface area contributed by atoms with Crippen molar-refractivity contribution in [3.63, 3.8) is 0 Å². The molecule has 0 radical (unpaired) electrons. The summed E-state index contributed by atoms with van der Waals surface area (Å²) in [6.07, 6.45) is 1.73. The highest BCUT2D eigenvalue weighted by molar-refractivity contribution is 5.99. The number of benzene rings is 1. The standard InChI is InChI=1S/C13H15NO4/c1-8-7-9(15)3-4-10(8)11(16)14-13(12(17)18)5-2-6-13/h3-4,7,15H,2,5-6H2,1H3,(H,14,16)(H,17,18). The first kappa shape index (κ1) is 12.4. The highest BCUT2D eigenvalue weighted by Gasteiger charge is 2.45. The van der Waals surface area contributed by atoms with Gasteiger partial charge in [0.2, 0.25) is 0 Å². The van der Waals surface area contributed by atoms with Gasteiger partial charge in [0.05, 0.1) is 0 Å². The lowest BCUT2D eigenvalue weighted by molar-refractivity contribution is -0.148. The highest BCUT2D eigenvalue weighted by atomic mass is 16.4. The third-order valence-electron chi connectivity index (χ3n) is 3.42. The number of carboxylic acid groups (broad SMARTS) is 1. The quantitative estimate of drug-likeness (QED) is 0.756. The molecule has 5 heteroatoms. The second-order valence-corrected chi connectivity index (χ2v) is 4.69. The Bertz CT molecular complexity index is 506. The molecular formula is C13H15NO4. The number of rotatable bonds is 3. The van der Waals surface area contributed by atoms with Crippen LogP contribution in [0, 0.1) is 6.92 Å². The van der Waals surface area contributed by atoms with Gasteiger partial charge in [0.15, 0.2) is 0 Å². The molecule has 1 aliphatic carbocycles. The van der Waals surface area contributed by atoms with Crippen LogP contribution in [0.15, 0.2) is 18.2 Å². The number of aliphatic carboxylic acids is 1. The number of hydrogen-bond acceptors (Lipinski definition) is 3. The molecule has 0 unspecified atom stereocenters. The summed E-state index contributed by atoms with van der Waals surface area (Å²) in [4.78, 5) is 23.2. The number of carboxylic acids is 1. The van der Waals surface area contributed by atoms with E-state index >= 15 is 0 Å². The van der Waals surface area contributed by atoms with Crippen LogP contribution in [-0.2, 0) is 4.79 Å². The molecule has 0 spiro atoms. The van der Waals surface area contributed by atoms with E-state index in [9.17, 15) is 14.7 Å². The van der Waals surface area contributed by atoms with Crippen LogP contribution in [0.1, 0.15) is 35.2 Å². The summed E-state index contributed by atoms with van der Waals surface area (Å²) in [5.74, 6) is -1.31. The van der Waals surface area contributed by atoms with E-state index in [2.05, 4.69) is 5.32 Å². The topological polar surface area (TPSA) is 86.6 Å². The molecule has 0 atom stereocenters. The fraction of sp³-hybridized carbons (Fsp3) is 0.385. The first-order valence-electron chi connectivity index (χ1n) is 5.80. The molecule has 3 N–H and O–H groups in total. The van der Waals surface area contributed by atoms with Gasteiger partial charge in [0.1, 0.15) is 11.3 Å². The minimum absolute atomic E-state index is 0.0839. The van der Waals surface area contributed by atoms with Crippen molar-refractivity contribution >= 4 is 11.9 Å². The molecule has 2 rings (SSSR count). The lowest BCUT2D eigenvalue weighted by Gasteiger charge is -2.38. The summed E-state index contributed by atoms with van der Waals surface area (Å²) in [5.41, 5.74) is -0.103. The van der Waals surface area contributed by atoms with E-state index in [4.69, 9.17) is 5.11 Å². The molecule has 0 aliphatic heterocycles. The van der Waals surface area contributed by atoms with Gasteiger partial charge < -0.3 is 15.5 Å². The molecule has 1 fully saturated rings. The molecule has 1 aromatic carbocycles. The lowest BCUT2D eigenvalue weighted by Crippen LogP contribution is -2.59. The van der Waals surface area contributed by atoms with Crippen LogP contribution in [0.4, 0.5) is 0 Å². The zero-order valence-corrected chi connectivity index (χ0v) is 10.1. The number of phenols is 1. The van der Waals surface area contributed by atoms with Crippen molar-refractivity contribution in [1.29, 1.82) is 0 Å². The number of amides is 1. The minimum Gasteiger partial charge on any atom is -0.508 e. The van der Waals surface area contributed by atoms with Crippen molar-refractivity contribution in [3.05, 3.63) is 29.3 Å². The van der Waals surface area contributed by atoms with Crippen molar-refractivity contribution < 1.29 is 19.8 Å². The number of carbonyl (C=O) groups is 2. The zero-order valence-electron chi connectivity index (χ0n) is 10.1. The molecule has 0 bridgehead atoms. The summed E-state index contributed by atoms with van der Waals surface area (Å²) in [7, 11) is 0. The third-order valence-corrected chi connectivity index (χ3v) is 3.42. The van der Waals surface area contributed by atoms with E-state index in [1.54, 1.807) is 6.92 Å². The minimum atomic E-state index is -1.11. The molecule has 0 saturated heterocycles. The fourth-order valence-corrected chi connectivity index (χ4v) is 2.11. The van der Waals surface area contributed by atoms with E-state index in [1.165, 1.54) is 18.2 Å². The van der Waals surface area contributed by atoms with E-state index in [0.29, 0.717) is 24.0 Å². The van der Waals surface area contributed by atoms with Gasteiger partial charge in [-0.2, -0.15) is 0 Å². The Morgan fingerprint density at radius 3 is 2.44 bits per heavy atom. The largest absolute Gasteiger partial charge is 0.508 e. The second kappa shape index (κ2) is 4.33.